The average Bonchev–Trinajstić information content (AvgIpc) is 3.27. The van der Waals surface area contributed by atoms with Crippen LogP contribution in [0.15, 0.2) is 42.7 Å². The van der Waals surface area contributed by atoms with E-state index < -0.39 is 34.9 Å². The van der Waals surface area contributed by atoms with Crippen LogP contribution in [-0.2, 0) is 32.6 Å². The number of imidazole rings is 1. The highest BCUT2D eigenvalue weighted by Gasteiger charge is 2.36. The fourth-order valence-corrected chi connectivity index (χ4v) is 4.33. The van der Waals surface area contributed by atoms with Crippen molar-refractivity contribution in [2.24, 2.45) is 30.2 Å². The number of rotatable bonds is 14. The van der Waals surface area contributed by atoms with Gasteiger partial charge in [0.1, 0.15) is 5.82 Å². The molecule has 3 atom stereocenters. The summed E-state index contributed by atoms with van der Waals surface area (Å²) >= 11 is 0. The Morgan fingerprint density at radius 2 is 1.61 bits per heavy atom. The third-order valence-electron chi connectivity index (χ3n) is 7.02. The highest BCUT2D eigenvalue weighted by molar-refractivity contribution is 6.38. The van der Waals surface area contributed by atoms with Crippen LogP contribution in [0.4, 0.5) is 0 Å². The minimum atomic E-state index is -0.865. The molecule has 0 saturated carbocycles. The van der Waals surface area contributed by atoms with Crippen LogP contribution in [0.5, 0.6) is 0 Å². The number of hydrogen-bond donors (Lipinski definition) is 1. The van der Waals surface area contributed by atoms with Gasteiger partial charge in [0.05, 0.1) is 12.0 Å². The lowest BCUT2D eigenvalue weighted by Crippen LogP contribution is -2.46. The standard InChI is InChI=1S/C30H41N3O5/c1-19(2)22(28(37)24(34)13-14-27-31-15-16-33(27)7)17-25(35)20(3)32-29(38)23(30(4,5)6)18-26(36)21-11-9-8-10-12-21/h8-12,15-16,19-20,22-23H,13-14,17-18H2,1-7H3,(H,32,38)/t20-,22-,23+/m0/s1. The second-order valence-electron chi connectivity index (χ2n) is 11.4. The van der Waals surface area contributed by atoms with Crippen LogP contribution in [0.3, 0.4) is 0 Å². The molecule has 0 unspecified atom stereocenters. The smallest absolute Gasteiger partial charge is 0.224 e. The average molecular weight is 524 g/mol. The summed E-state index contributed by atoms with van der Waals surface area (Å²) in [6.45, 7) is 10.8. The summed E-state index contributed by atoms with van der Waals surface area (Å²) in [5, 5.41) is 2.76. The van der Waals surface area contributed by atoms with Crippen molar-refractivity contribution in [1.82, 2.24) is 14.9 Å². The lowest BCUT2D eigenvalue weighted by Gasteiger charge is -2.30. The Hall–Kier alpha value is -3.42. The second-order valence-corrected chi connectivity index (χ2v) is 11.4. The van der Waals surface area contributed by atoms with E-state index in [0.29, 0.717) is 17.8 Å². The van der Waals surface area contributed by atoms with Crippen molar-refractivity contribution in [2.45, 2.75) is 73.3 Å². The molecule has 0 fully saturated rings. The maximum atomic E-state index is 13.2. The number of aryl methyl sites for hydroxylation is 2. The maximum Gasteiger partial charge on any atom is 0.224 e. The van der Waals surface area contributed by atoms with Gasteiger partial charge in [-0.25, -0.2) is 4.98 Å². The van der Waals surface area contributed by atoms with Crippen molar-refractivity contribution in [1.29, 1.82) is 0 Å². The van der Waals surface area contributed by atoms with Crippen LogP contribution in [0.1, 0.15) is 77.0 Å². The van der Waals surface area contributed by atoms with Crippen molar-refractivity contribution >= 4 is 29.0 Å². The summed E-state index contributed by atoms with van der Waals surface area (Å²) in [6, 6.07) is 7.93. The molecule has 0 spiro atoms. The van der Waals surface area contributed by atoms with Gasteiger partial charge in [0, 0.05) is 56.6 Å². The fraction of sp³-hybridized carbons (Fsp3) is 0.533. The number of carbonyl (C=O) groups excluding carboxylic acids is 5. The van der Waals surface area contributed by atoms with Crippen molar-refractivity contribution < 1.29 is 24.0 Å². The van der Waals surface area contributed by atoms with Crippen LogP contribution >= 0.6 is 0 Å². The van der Waals surface area contributed by atoms with E-state index in [0.717, 1.165) is 0 Å². The van der Waals surface area contributed by atoms with E-state index in [1.165, 1.54) is 0 Å². The zero-order valence-electron chi connectivity index (χ0n) is 23.6. The predicted octanol–water partition coefficient (Wildman–Crippen LogP) is 4.16. The lowest BCUT2D eigenvalue weighted by atomic mass is 9.76. The van der Waals surface area contributed by atoms with Gasteiger partial charge >= 0.3 is 0 Å². The van der Waals surface area contributed by atoms with Crippen LogP contribution in [0.2, 0.25) is 0 Å². The van der Waals surface area contributed by atoms with Gasteiger partial charge in [-0.15, -0.1) is 0 Å². The zero-order valence-corrected chi connectivity index (χ0v) is 23.6. The minimum Gasteiger partial charge on any atom is -0.346 e. The highest BCUT2D eigenvalue weighted by atomic mass is 16.2. The van der Waals surface area contributed by atoms with Gasteiger partial charge in [0.25, 0.3) is 0 Å². The molecule has 1 aromatic heterocycles. The van der Waals surface area contributed by atoms with Crippen molar-refractivity contribution in [3.8, 4) is 0 Å². The van der Waals surface area contributed by atoms with E-state index >= 15 is 0 Å². The molecule has 0 aliphatic carbocycles. The van der Waals surface area contributed by atoms with Gasteiger partial charge in [-0.3, -0.25) is 24.0 Å². The number of nitrogens with zero attached hydrogens (tertiary/aromatic N) is 2. The van der Waals surface area contributed by atoms with E-state index in [2.05, 4.69) is 10.3 Å². The van der Waals surface area contributed by atoms with E-state index in [1.807, 2.05) is 33.9 Å². The molecule has 0 saturated heterocycles. The first kappa shape index (κ1) is 30.8. The number of benzene rings is 1. The summed E-state index contributed by atoms with van der Waals surface area (Å²) < 4.78 is 1.80. The van der Waals surface area contributed by atoms with Crippen molar-refractivity contribution in [3.63, 3.8) is 0 Å². The summed E-state index contributed by atoms with van der Waals surface area (Å²) in [5.41, 5.74) is 0.0115. The molecule has 1 amide bonds. The van der Waals surface area contributed by atoms with Crippen LogP contribution in [-0.4, -0.2) is 44.6 Å². The number of ketones is 4. The third kappa shape index (κ3) is 8.57. The fourth-order valence-electron chi connectivity index (χ4n) is 4.33. The number of aromatic nitrogens is 2. The monoisotopic (exact) mass is 523 g/mol. The van der Waals surface area contributed by atoms with Gasteiger partial charge in [0.15, 0.2) is 17.3 Å². The van der Waals surface area contributed by atoms with E-state index in [-0.39, 0.29) is 42.7 Å². The maximum absolute atomic E-state index is 13.2. The SMILES string of the molecule is CC(C)[C@H](CC(=O)[C@H](C)NC(=O)[C@@H](CC(=O)c1ccccc1)C(C)(C)C)C(=O)C(=O)CCc1nccn1C. The number of nitrogens with one attached hydrogen (secondary N) is 1. The molecule has 0 aliphatic heterocycles. The van der Waals surface area contributed by atoms with E-state index in [9.17, 15) is 24.0 Å². The number of amides is 1. The van der Waals surface area contributed by atoms with E-state index in [1.54, 1.807) is 62.0 Å². The Labute approximate surface area is 225 Å². The molecule has 38 heavy (non-hydrogen) atoms. The summed E-state index contributed by atoms with van der Waals surface area (Å²) in [6.07, 6.45) is 3.64. The Balaban J connectivity index is 2.03. The van der Waals surface area contributed by atoms with Crippen LogP contribution in [0.25, 0.3) is 0 Å². The summed E-state index contributed by atoms with van der Waals surface area (Å²) in [4.78, 5) is 68.9. The predicted molar refractivity (Wildman–Crippen MR) is 145 cm³/mol. The molecule has 1 heterocycles. The molecular formula is C30H41N3O5. The van der Waals surface area contributed by atoms with Gasteiger partial charge in [-0.1, -0.05) is 65.0 Å². The Kier molecular flexibility index (Phi) is 10.9. The van der Waals surface area contributed by atoms with Gasteiger partial charge < -0.3 is 9.88 Å². The number of Topliss-reactive ketones (excluding diaryl/α,β-unsaturated/α-hetero) is 4. The quantitative estimate of drug-likeness (QED) is 0.294. The van der Waals surface area contributed by atoms with Gasteiger partial charge in [0.2, 0.25) is 11.7 Å². The molecule has 1 aromatic carbocycles. The minimum absolute atomic E-state index is 0.0118. The Morgan fingerprint density at radius 1 is 0.974 bits per heavy atom. The molecule has 0 bridgehead atoms. The lowest BCUT2D eigenvalue weighted by molar-refractivity contribution is -0.141. The summed E-state index contributed by atoms with van der Waals surface area (Å²) in [5.74, 6) is -2.89. The first-order chi connectivity index (χ1) is 17.7. The van der Waals surface area contributed by atoms with Crippen LogP contribution in [0, 0.1) is 23.2 Å². The molecular weight excluding hydrogens is 482 g/mol. The van der Waals surface area contributed by atoms with Crippen molar-refractivity contribution in [3.05, 3.63) is 54.1 Å². The highest BCUT2D eigenvalue weighted by Crippen LogP contribution is 2.30. The number of carbonyl (C=O) groups is 5. The first-order valence-corrected chi connectivity index (χ1v) is 13.2. The molecule has 206 valence electrons. The first-order valence-electron chi connectivity index (χ1n) is 13.2. The normalized spacial score (nSPS) is 14.0. The van der Waals surface area contributed by atoms with Crippen molar-refractivity contribution in [2.75, 3.05) is 0 Å². The Bertz CT molecular complexity index is 1140. The molecule has 2 rings (SSSR count). The molecule has 0 radical (unpaired) electrons. The Morgan fingerprint density at radius 3 is 2.13 bits per heavy atom. The largest absolute Gasteiger partial charge is 0.346 e. The molecule has 8 heteroatoms. The summed E-state index contributed by atoms with van der Waals surface area (Å²) in [7, 11) is 1.82. The molecule has 8 nitrogen and oxygen atoms in total. The van der Waals surface area contributed by atoms with Gasteiger partial charge in [-0.05, 0) is 18.3 Å². The third-order valence-corrected chi connectivity index (χ3v) is 7.02. The second kappa shape index (κ2) is 13.4. The van der Waals surface area contributed by atoms with Crippen LogP contribution < -0.4 is 5.32 Å². The number of hydrogen-bond acceptors (Lipinski definition) is 6. The zero-order chi connectivity index (χ0) is 28.6. The van der Waals surface area contributed by atoms with E-state index in [4.69, 9.17) is 0 Å². The molecule has 0 aliphatic rings. The topological polar surface area (TPSA) is 115 Å². The molecule has 1 N–H and O–H groups in total. The van der Waals surface area contributed by atoms with Gasteiger partial charge in [-0.2, -0.15) is 0 Å². The molecule has 2 aromatic rings.